The van der Waals surface area contributed by atoms with Gasteiger partial charge in [-0.2, -0.15) is 0 Å². The molecule has 0 saturated heterocycles. The number of nitrogens with zero attached hydrogens (tertiary/aromatic N) is 2. The maximum absolute atomic E-state index is 13.2. The van der Waals surface area contributed by atoms with Crippen molar-refractivity contribution in [2.24, 2.45) is 5.92 Å². The van der Waals surface area contributed by atoms with Crippen LogP contribution in [0.15, 0.2) is 41.5 Å². The van der Waals surface area contributed by atoms with Crippen molar-refractivity contribution in [1.82, 2.24) is 9.55 Å². The summed E-state index contributed by atoms with van der Waals surface area (Å²) < 4.78 is 14.9. The summed E-state index contributed by atoms with van der Waals surface area (Å²) in [6.45, 7) is 6.62. The lowest BCUT2D eigenvalue weighted by atomic mass is 10.1. The maximum atomic E-state index is 13.2. The van der Waals surface area contributed by atoms with E-state index in [1.807, 2.05) is 13.0 Å². The van der Waals surface area contributed by atoms with Crippen molar-refractivity contribution in [3.05, 3.63) is 58.4 Å². The first-order valence-electron chi connectivity index (χ1n) is 7.05. The number of rotatable bonds is 5. The van der Waals surface area contributed by atoms with E-state index < -0.39 is 0 Å². The fraction of sp³-hybridized carbons (Fsp3) is 0.375. The molecule has 21 heavy (non-hydrogen) atoms. The highest BCUT2D eigenvalue weighted by Gasteiger charge is 2.11. The fourth-order valence-corrected chi connectivity index (χ4v) is 2.15. The molecule has 2 aromatic rings. The smallest absolute Gasteiger partial charge is 0.293 e. The molecule has 0 amide bonds. The van der Waals surface area contributed by atoms with Gasteiger partial charge >= 0.3 is 0 Å². The largest absolute Gasteiger partial charge is 0.359 e. The van der Waals surface area contributed by atoms with Crippen LogP contribution in [0.4, 0.5) is 10.2 Å². The molecule has 5 heteroatoms. The Bertz CT molecular complexity index is 667. The van der Waals surface area contributed by atoms with E-state index in [2.05, 4.69) is 24.1 Å². The predicted octanol–water partition coefficient (Wildman–Crippen LogP) is 3.21. The Labute approximate surface area is 123 Å². The van der Waals surface area contributed by atoms with Crippen LogP contribution in [-0.4, -0.2) is 9.55 Å². The van der Waals surface area contributed by atoms with Crippen LogP contribution in [0.3, 0.4) is 0 Å². The van der Waals surface area contributed by atoms with Crippen molar-refractivity contribution in [2.45, 2.75) is 33.4 Å². The van der Waals surface area contributed by atoms with E-state index in [0.717, 1.165) is 5.56 Å². The lowest BCUT2D eigenvalue weighted by Gasteiger charge is -2.16. The Morgan fingerprint density at radius 3 is 2.76 bits per heavy atom. The number of nitrogens with one attached hydrogen (secondary N) is 1. The highest BCUT2D eigenvalue weighted by Crippen LogP contribution is 2.16. The molecule has 0 radical (unpaired) electrons. The van der Waals surface area contributed by atoms with Crippen molar-refractivity contribution in [3.8, 4) is 0 Å². The van der Waals surface area contributed by atoms with Crippen molar-refractivity contribution in [2.75, 3.05) is 5.32 Å². The normalized spacial score (nSPS) is 12.4. The zero-order valence-electron chi connectivity index (χ0n) is 12.5. The quantitative estimate of drug-likeness (QED) is 0.919. The van der Waals surface area contributed by atoms with E-state index in [-0.39, 0.29) is 23.2 Å². The third-order valence-electron chi connectivity index (χ3n) is 3.18. The summed E-state index contributed by atoms with van der Waals surface area (Å²) in [7, 11) is 0. The number of hydrogen-bond acceptors (Lipinski definition) is 3. The minimum Gasteiger partial charge on any atom is -0.359 e. The summed E-state index contributed by atoms with van der Waals surface area (Å²) in [6, 6.07) is 6.12. The van der Waals surface area contributed by atoms with Gasteiger partial charge in [-0.15, -0.1) is 0 Å². The third kappa shape index (κ3) is 3.90. The molecule has 1 heterocycles. The summed E-state index contributed by atoms with van der Waals surface area (Å²) in [4.78, 5) is 16.4. The van der Waals surface area contributed by atoms with Gasteiger partial charge in [-0.25, -0.2) is 9.37 Å². The molecule has 0 aliphatic heterocycles. The number of benzene rings is 1. The minimum absolute atomic E-state index is 0.158. The summed E-state index contributed by atoms with van der Waals surface area (Å²) in [5.74, 6) is 0.368. The average Bonchev–Trinajstić information content (AvgIpc) is 2.42. The number of hydrogen-bond donors (Lipinski definition) is 1. The summed E-state index contributed by atoms with van der Waals surface area (Å²) in [5, 5.41) is 3.06. The van der Waals surface area contributed by atoms with Crippen LogP contribution in [-0.2, 0) is 6.54 Å². The van der Waals surface area contributed by atoms with Gasteiger partial charge in [0.2, 0.25) is 0 Å². The Hall–Kier alpha value is -2.17. The average molecular weight is 289 g/mol. The Balaban J connectivity index is 2.21. The number of anilines is 1. The number of halogens is 1. The van der Waals surface area contributed by atoms with Crippen LogP contribution < -0.4 is 10.9 Å². The molecule has 1 unspecified atom stereocenters. The topological polar surface area (TPSA) is 46.9 Å². The highest BCUT2D eigenvalue weighted by molar-refractivity contribution is 5.36. The molecule has 0 spiro atoms. The summed E-state index contributed by atoms with van der Waals surface area (Å²) in [6.07, 6.45) is 3.28. The van der Waals surface area contributed by atoms with E-state index in [0.29, 0.717) is 12.5 Å². The van der Waals surface area contributed by atoms with Crippen LogP contribution in [0.1, 0.15) is 32.4 Å². The van der Waals surface area contributed by atoms with Crippen molar-refractivity contribution in [1.29, 1.82) is 0 Å². The fourth-order valence-electron chi connectivity index (χ4n) is 2.15. The van der Waals surface area contributed by atoms with Gasteiger partial charge in [0.1, 0.15) is 5.82 Å². The zero-order chi connectivity index (χ0) is 15.4. The molecule has 1 aromatic heterocycles. The molecule has 0 bridgehead atoms. The van der Waals surface area contributed by atoms with E-state index in [1.54, 1.807) is 23.0 Å². The molecule has 0 fully saturated rings. The molecule has 2 rings (SSSR count). The van der Waals surface area contributed by atoms with Gasteiger partial charge in [0, 0.05) is 18.9 Å². The zero-order valence-corrected chi connectivity index (χ0v) is 12.5. The van der Waals surface area contributed by atoms with Crippen LogP contribution in [0.2, 0.25) is 0 Å². The SMILES string of the molecule is CC(C)Cn1ccnc(NC(C)c2cccc(F)c2)c1=O. The Morgan fingerprint density at radius 1 is 1.33 bits per heavy atom. The maximum Gasteiger partial charge on any atom is 0.293 e. The predicted molar refractivity (Wildman–Crippen MR) is 81.8 cm³/mol. The van der Waals surface area contributed by atoms with Gasteiger partial charge in [-0.05, 0) is 30.5 Å². The van der Waals surface area contributed by atoms with Gasteiger partial charge in [0.15, 0.2) is 5.82 Å². The van der Waals surface area contributed by atoms with Crippen LogP contribution in [0, 0.1) is 11.7 Å². The summed E-state index contributed by atoms with van der Waals surface area (Å²) >= 11 is 0. The monoisotopic (exact) mass is 289 g/mol. The Kier molecular flexibility index (Phi) is 4.73. The van der Waals surface area contributed by atoms with Crippen LogP contribution >= 0.6 is 0 Å². The standard InChI is InChI=1S/C16H20FN3O/c1-11(2)10-20-8-7-18-15(16(20)21)19-12(3)13-5-4-6-14(17)9-13/h4-9,11-12H,10H2,1-3H3,(H,18,19). The van der Waals surface area contributed by atoms with Gasteiger partial charge in [0.05, 0.1) is 6.04 Å². The second-order valence-electron chi connectivity index (χ2n) is 5.55. The van der Waals surface area contributed by atoms with Gasteiger partial charge in [-0.3, -0.25) is 4.79 Å². The molecule has 0 aliphatic carbocycles. The highest BCUT2D eigenvalue weighted by atomic mass is 19.1. The molecule has 1 atom stereocenters. The lowest BCUT2D eigenvalue weighted by Crippen LogP contribution is -2.26. The lowest BCUT2D eigenvalue weighted by molar-refractivity contribution is 0.509. The molecule has 1 aromatic carbocycles. The van der Waals surface area contributed by atoms with Crippen LogP contribution in [0.25, 0.3) is 0 Å². The van der Waals surface area contributed by atoms with Crippen LogP contribution in [0.5, 0.6) is 0 Å². The van der Waals surface area contributed by atoms with Gasteiger partial charge in [0.25, 0.3) is 5.56 Å². The molecule has 4 nitrogen and oxygen atoms in total. The Morgan fingerprint density at radius 2 is 2.10 bits per heavy atom. The molecule has 0 saturated carbocycles. The van der Waals surface area contributed by atoms with Gasteiger partial charge < -0.3 is 9.88 Å². The molecule has 112 valence electrons. The minimum atomic E-state index is -0.292. The van der Waals surface area contributed by atoms with Crippen molar-refractivity contribution >= 4 is 5.82 Å². The van der Waals surface area contributed by atoms with E-state index >= 15 is 0 Å². The number of aromatic nitrogens is 2. The molecule has 0 aliphatic rings. The van der Waals surface area contributed by atoms with E-state index in [9.17, 15) is 9.18 Å². The second-order valence-corrected chi connectivity index (χ2v) is 5.55. The first-order chi connectivity index (χ1) is 9.97. The van der Waals surface area contributed by atoms with Crippen molar-refractivity contribution < 1.29 is 4.39 Å². The van der Waals surface area contributed by atoms with E-state index in [1.165, 1.54) is 12.1 Å². The third-order valence-corrected chi connectivity index (χ3v) is 3.18. The van der Waals surface area contributed by atoms with Crippen molar-refractivity contribution in [3.63, 3.8) is 0 Å². The first kappa shape index (κ1) is 15.2. The first-order valence-corrected chi connectivity index (χ1v) is 7.05. The second kappa shape index (κ2) is 6.52. The van der Waals surface area contributed by atoms with Gasteiger partial charge in [-0.1, -0.05) is 26.0 Å². The molecular formula is C16H20FN3O. The van der Waals surface area contributed by atoms with E-state index in [4.69, 9.17) is 0 Å². The summed E-state index contributed by atoms with van der Waals surface area (Å²) in [5.41, 5.74) is 0.616. The molecular weight excluding hydrogens is 269 g/mol. The molecule has 1 N–H and O–H groups in total.